The molecule has 114 valence electrons. The van der Waals surface area contributed by atoms with E-state index in [0.717, 1.165) is 13.1 Å². The van der Waals surface area contributed by atoms with Crippen LogP contribution >= 0.6 is 0 Å². The Morgan fingerprint density at radius 1 is 1.33 bits per heavy atom. The summed E-state index contributed by atoms with van der Waals surface area (Å²) in [5.74, 6) is 0. The maximum Gasteiger partial charge on any atom is 0.0841 e. The Balaban J connectivity index is 1.71. The summed E-state index contributed by atoms with van der Waals surface area (Å²) in [4.78, 5) is 2.44. The minimum atomic E-state index is 0.613. The van der Waals surface area contributed by atoms with Gasteiger partial charge in [0.1, 0.15) is 0 Å². The molecule has 4 heteroatoms. The summed E-state index contributed by atoms with van der Waals surface area (Å²) < 4.78 is 2.10. The molecule has 0 amide bonds. The third-order valence-corrected chi connectivity index (χ3v) is 4.80. The smallest absolute Gasteiger partial charge is 0.0841 e. The van der Waals surface area contributed by atoms with Crippen molar-refractivity contribution in [1.29, 1.82) is 0 Å². The molecule has 2 aromatic rings. The van der Waals surface area contributed by atoms with Crippen LogP contribution in [0.25, 0.3) is 10.9 Å². The van der Waals surface area contributed by atoms with Crippen LogP contribution in [0.15, 0.2) is 24.3 Å². The predicted molar refractivity (Wildman–Crippen MR) is 87.4 cm³/mol. The van der Waals surface area contributed by atoms with Crippen molar-refractivity contribution in [3.63, 3.8) is 0 Å². The van der Waals surface area contributed by atoms with Gasteiger partial charge in [0.05, 0.1) is 11.2 Å². The van der Waals surface area contributed by atoms with Gasteiger partial charge < -0.3 is 10.2 Å². The molecule has 0 bridgehead atoms. The second-order valence-electron chi connectivity index (χ2n) is 6.21. The van der Waals surface area contributed by atoms with Crippen molar-refractivity contribution in [1.82, 2.24) is 20.0 Å². The highest BCUT2D eigenvalue weighted by atomic mass is 15.3. The van der Waals surface area contributed by atoms with E-state index in [1.165, 1.54) is 36.0 Å². The molecule has 1 aliphatic heterocycles. The molecule has 0 saturated carbocycles. The number of nitrogens with zero attached hydrogens (tertiary/aromatic N) is 3. The van der Waals surface area contributed by atoms with Crippen molar-refractivity contribution in [3.8, 4) is 0 Å². The van der Waals surface area contributed by atoms with Gasteiger partial charge >= 0.3 is 0 Å². The Bertz CT molecular complexity index is 604. The maximum absolute atomic E-state index is 4.77. The molecule has 2 atom stereocenters. The van der Waals surface area contributed by atoms with Crippen LogP contribution in [-0.4, -0.2) is 40.4 Å². The van der Waals surface area contributed by atoms with Crippen LogP contribution in [0.1, 0.15) is 32.4 Å². The van der Waals surface area contributed by atoms with Crippen LogP contribution in [0.3, 0.4) is 0 Å². The van der Waals surface area contributed by atoms with Crippen LogP contribution in [-0.2, 0) is 13.1 Å². The normalized spacial score (nSPS) is 23.8. The standard InChI is InChI=1S/C17H26N4/c1-4-21-17-8-6-5-7-15(17)16(19-21)12-18-14-9-10-20(3)13(2)11-14/h5-8,13-14,18H,4,9-12H2,1-3H3. The molecule has 2 heterocycles. The van der Waals surface area contributed by atoms with Crippen molar-refractivity contribution in [3.05, 3.63) is 30.0 Å². The first-order valence-corrected chi connectivity index (χ1v) is 8.07. The lowest BCUT2D eigenvalue weighted by Gasteiger charge is -2.35. The van der Waals surface area contributed by atoms with Gasteiger partial charge in [0.2, 0.25) is 0 Å². The van der Waals surface area contributed by atoms with Gasteiger partial charge in [0.25, 0.3) is 0 Å². The molecule has 21 heavy (non-hydrogen) atoms. The van der Waals surface area contributed by atoms with Gasteiger partial charge in [0, 0.05) is 30.6 Å². The number of nitrogens with one attached hydrogen (secondary N) is 1. The van der Waals surface area contributed by atoms with Crippen molar-refractivity contribution in [2.24, 2.45) is 0 Å². The lowest BCUT2D eigenvalue weighted by Crippen LogP contribution is -2.45. The summed E-state index contributed by atoms with van der Waals surface area (Å²) in [5, 5.41) is 9.77. The molecule has 0 aliphatic carbocycles. The zero-order valence-corrected chi connectivity index (χ0v) is 13.3. The monoisotopic (exact) mass is 286 g/mol. The summed E-state index contributed by atoms with van der Waals surface area (Å²) in [5.41, 5.74) is 2.42. The fraction of sp³-hybridized carbons (Fsp3) is 0.588. The highest BCUT2D eigenvalue weighted by Crippen LogP contribution is 2.20. The second kappa shape index (κ2) is 6.16. The Hall–Kier alpha value is -1.39. The van der Waals surface area contributed by atoms with Gasteiger partial charge in [-0.1, -0.05) is 18.2 Å². The van der Waals surface area contributed by atoms with Crippen LogP contribution in [0.4, 0.5) is 0 Å². The average Bonchev–Trinajstić information content (AvgIpc) is 2.87. The van der Waals surface area contributed by atoms with Gasteiger partial charge in [-0.05, 0) is 46.3 Å². The third kappa shape index (κ3) is 2.97. The topological polar surface area (TPSA) is 33.1 Å². The molecule has 0 spiro atoms. The van der Waals surface area contributed by atoms with E-state index in [0.29, 0.717) is 12.1 Å². The van der Waals surface area contributed by atoms with E-state index in [4.69, 9.17) is 5.10 Å². The third-order valence-electron chi connectivity index (χ3n) is 4.80. The largest absolute Gasteiger partial charge is 0.308 e. The zero-order valence-electron chi connectivity index (χ0n) is 13.3. The first-order valence-electron chi connectivity index (χ1n) is 8.07. The van der Waals surface area contributed by atoms with Crippen molar-refractivity contribution >= 4 is 10.9 Å². The number of aromatic nitrogens is 2. The lowest BCUT2D eigenvalue weighted by molar-refractivity contribution is 0.168. The van der Waals surface area contributed by atoms with Gasteiger partial charge in [0.15, 0.2) is 0 Å². The molecule has 1 aromatic heterocycles. The summed E-state index contributed by atoms with van der Waals surface area (Å²) >= 11 is 0. The van der Waals surface area contributed by atoms with E-state index < -0.39 is 0 Å². The summed E-state index contributed by atoms with van der Waals surface area (Å²) in [7, 11) is 2.22. The molecule has 2 unspecified atom stereocenters. The van der Waals surface area contributed by atoms with Crippen LogP contribution in [0.2, 0.25) is 0 Å². The molecule has 1 aliphatic rings. The van der Waals surface area contributed by atoms with E-state index in [1.807, 2.05) is 0 Å². The Morgan fingerprint density at radius 2 is 2.14 bits per heavy atom. The molecule has 1 aromatic carbocycles. The van der Waals surface area contributed by atoms with Gasteiger partial charge in [-0.25, -0.2) is 0 Å². The van der Waals surface area contributed by atoms with E-state index >= 15 is 0 Å². The Labute approximate surface area is 127 Å². The van der Waals surface area contributed by atoms with E-state index in [-0.39, 0.29) is 0 Å². The molecule has 4 nitrogen and oxygen atoms in total. The van der Waals surface area contributed by atoms with Gasteiger partial charge in [-0.3, -0.25) is 4.68 Å². The molecule has 3 rings (SSSR count). The molecule has 0 radical (unpaired) electrons. The predicted octanol–water partition coefficient (Wildman–Crippen LogP) is 2.63. The number of para-hydroxylation sites is 1. The van der Waals surface area contributed by atoms with Crippen LogP contribution in [0.5, 0.6) is 0 Å². The van der Waals surface area contributed by atoms with Gasteiger partial charge in [-0.2, -0.15) is 5.10 Å². The van der Waals surface area contributed by atoms with E-state index in [9.17, 15) is 0 Å². The fourth-order valence-electron chi connectivity index (χ4n) is 3.28. The minimum absolute atomic E-state index is 0.613. The fourth-order valence-corrected chi connectivity index (χ4v) is 3.28. The van der Waals surface area contributed by atoms with Crippen molar-refractivity contribution < 1.29 is 0 Å². The number of benzene rings is 1. The minimum Gasteiger partial charge on any atom is -0.308 e. The lowest BCUT2D eigenvalue weighted by atomic mass is 9.99. The molecule has 1 N–H and O–H groups in total. The second-order valence-corrected chi connectivity index (χ2v) is 6.21. The number of rotatable bonds is 4. The number of likely N-dealkylation sites (tertiary alicyclic amines) is 1. The molecular weight excluding hydrogens is 260 g/mol. The first-order chi connectivity index (χ1) is 10.2. The van der Waals surface area contributed by atoms with E-state index in [2.05, 4.69) is 60.1 Å². The summed E-state index contributed by atoms with van der Waals surface area (Å²) in [6, 6.07) is 9.82. The van der Waals surface area contributed by atoms with E-state index in [1.54, 1.807) is 0 Å². The van der Waals surface area contributed by atoms with Crippen molar-refractivity contribution in [2.75, 3.05) is 13.6 Å². The maximum atomic E-state index is 4.77. The average molecular weight is 286 g/mol. The zero-order chi connectivity index (χ0) is 14.8. The van der Waals surface area contributed by atoms with Gasteiger partial charge in [-0.15, -0.1) is 0 Å². The number of hydrogen-bond donors (Lipinski definition) is 1. The summed E-state index contributed by atoms with van der Waals surface area (Å²) in [6.45, 7) is 7.44. The first kappa shape index (κ1) is 14.5. The van der Waals surface area contributed by atoms with Crippen LogP contribution in [0, 0.1) is 0 Å². The highest BCUT2D eigenvalue weighted by molar-refractivity contribution is 5.81. The number of piperidine rings is 1. The Kier molecular flexibility index (Phi) is 4.27. The Morgan fingerprint density at radius 3 is 2.90 bits per heavy atom. The molecule has 1 saturated heterocycles. The SMILES string of the molecule is CCn1nc(CNC2CCN(C)C(C)C2)c2ccccc21. The number of hydrogen-bond acceptors (Lipinski definition) is 3. The number of aryl methyl sites for hydroxylation is 1. The highest BCUT2D eigenvalue weighted by Gasteiger charge is 2.22. The number of fused-ring (bicyclic) bond motifs is 1. The molecular formula is C17H26N4. The van der Waals surface area contributed by atoms with Crippen LogP contribution < -0.4 is 5.32 Å². The summed E-state index contributed by atoms with van der Waals surface area (Å²) in [6.07, 6.45) is 2.45. The van der Waals surface area contributed by atoms with Crippen molar-refractivity contribution in [2.45, 2.75) is 51.9 Å². The molecule has 1 fully saturated rings. The quantitative estimate of drug-likeness (QED) is 0.938.